The van der Waals surface area contributed by atoms with E-state index < -0.39 is 80.8 Å². The van der Waals surface area contributed by atoms with Crippen LogP contribution in [0, 0.1) is 11.3 Å². The fourth-order valence-electron chi connectivity index (χ4n) is 4.50. The second-order valence-electron chi connectivity index (χ2n) is 13.3. The predicted molar refractivity (Wildman–Crippen MR) is 181 cm³/mol. The second-order valence-corrected chi connectivity index (χ2v) is 14.8. The highest BCUT2D eigenvalue weighted by atomic mass is 32.2. The Morgan fingerprint density at radius 1 is 0.840 bits per heavy atom. The molecule has 0 bridgehead atoms. The van der Waals surface area contributed by atoms with Gasteiger partial charge in [-0.05, 0) is 64.2 Å². The van der Waals surface area contributed by atoms with Crippen LogP contribution in [0.2, 0.25) is 0 Å². The maximum atomic E-state index is 13.1. The Hall–Kier alpha value is -4.64. The van der Waals surface area contributed by atoms with E-state index in [4.69, 9.17) is 4.74 Å². The van der Waals surface area contributed by atoms with Crippen molar-refractivity contribution in [2.45, 2.75) is 92.0 Å². The number of esters is 1. The molecule has 16 nitrogen and oxygen atoms in total. The van der Waals surface area contributed by atoms with Crippen molar-refractivity contribution in [1.82, 2.24) is 20.9 Å². The van der Waals surface area contributed by atoms with Crippen molar-refractivity contribution in [2.24, 2.45) is 11.3 Å². The van der Waals surface area contributed by atoms with Crippen molar-refractivity contribution in [3.8, 4) is 0 Å². The zero-order valence-electron chi connectivity index (χ0n) is 29.1. The quantitative estimate of drug-likeness (QED) is 0.0626. The molecule has 0 saturated carbocycles. The molecule has 0 saturated heterocycles. The molecule has 276 valence electrons. The van der Waals surface area contributed by atoms with Gasteiger partial charge in [0.15, 0.2) is 0 Å². The van der Waals surface area contributed by atoms with Gasteiger partial charge in [0, 0.05) is 30.8 Å². The summed E-state index contributed by atoms with van der Waals surface area (Å²) in [5, 5.41) is 9.84. The first kappa shape index (κ1) is 41.5. The van der Waals surface area contributed by atoms with Crippen LogP contribution in [-0.2, 0) is 55.0 Å². The van der Waals surface area contributed by atoms with Crippen molar-refractivity contribution < 1.29 is 51.3 Å². The van der Waals surface area contributed by atoms with Crippen LogP contribution in [0.5, 0.6) is 0 Å². The first-order valence-electron chi connectivity index (χ1n) is 16.1. The van der Waals surface area contributed by atoms with Gasteiger partial charge < -0.3 is 26.0 Å². The van der Waals surface area contributed by atoms with Crippen LogP contribution in [0.4, 0.5) is 5.69 Å². The van der Waals surface area contributed by atoms with E-state index in [0.717, 1.165) is 4.90 Å². The van der Waals surface area contributed by atoms with Crippen LogP contribution in [0.25, 0.3) is 0 Å². The molecule has 2 rings (SSSR count). The Labute approximate surface area is 291 Å². The Kier molecular flexibility index (Phi) is 15.3. The lowest BCUT2D eigenvalue weighted by Gasteiger charge is -2.26. The minimum Gasteiger partial charge on any atom is -0.460 e. The molecule has 3 atom stereocenters. The standard InChI is InChI=1S/C33H47N5O11S/c1-20(2)28(31(44)34-21(3)29(42)35-23-13-11-22(12-14-23)18-49-32(45)33(4,5)6)37-30(43)24(19-50(46,47)48)36-25(39)10-8-7-9-17-38-26(40)15-16-27(38)41/h11-16,20-21,24,28H,7-10,17-19H2,1-6H3,(H,34,44)(H,35,42)(H,36,39)(H,37,43)(H,46,47,48)/t21-,24?,28?/m0/s1. The predicted octanol–water partition coefficient (Wildman–Crippen LogP) is 1.22. The minimum atomic E-state index is -4.74. The highest BCUT2D eigenvalue weighted by molar-refractivity contribution is 7.85. The lowest BCUT2D eigenvalue weighted by molar-refractivity contribution is -0.154. The summed E-state index contributed by atoms with van der Waals surface area (Å²) in [5.41, 5.74) is 0.462. The van der Waals surface area contributed by atoms with Crippen molar-refractivity contribution in [1.29, 1.82) is 0 Å². The van der Waals surface area contributed by atoms with Crippen LogP contribution in [0.1, 0.15) is 72.8 Å². The lowest BCUT2D eigenvalue weighted by Crippen LogP contribution is -2.58. The maximum Gasteiger partial charge on any atom is 0.311 e. The number of unbranched alkanes of at least 4 members (excludes halogenated alkanes) is 2. The number of carbonyl (C=O) groups is 7. The zero-order valence-corrected chi connectivity index (χ0v) is 29.9. The molecule has 6 amide bonds. The van der Waals surface area contributed by atoms with Gasteiger partial charge in [0.05, 0.1) is 5.41 Å². The summed E-state index contributed by atoms with van der Waals surface area (Å²) in [6, 6.07) is 2.48. The maximum absolute atomic E-state index is 13.1. The van der Waals surface area contributed by atoms with Crippen LogP contribution < -0.4 is 21.3 Å². The van der Waals surface area contributed by atoms with Gasteiger partial charge in [-0.3, -0.25) is 43.0 Å². The number of amides is 6. The van der Waals surface area contributed by atoms with Crippen molar-refractivity contribution >= 4 is 57.2 Å². The Morgan fingerprint density at radius 3 is 1.98 bits per heavy atom. The van der Waals surface area contributed by atoms with Gasteiger partial charge >= 0.3 is 5.97 Å². The summed E-state index contributed by atoms with van der Waals surface area (Å²) in [4.78, 5) is 87.9. The molecule has 0 radical (unpaired) electrons. The molecule has 1 aliphatic rings. The molecule has 1 heterocycles. The lowest BCUT2D eigenvalue weighted by atomic mass is 9.97. The molecular formula is C33H47N5O11S. The van der Waals surface area contributed by atoms with Gasteiger partial charge in [0.1, 0.15) is 30.5 Å². The monoisotopic (exact) mass is 721 g/mol. The number of imide groups is 1. The van der Waals surface area contributed by atoms with Gasteiger partial charge in [-0.2, -0.15) is 8.42 Å². The third-order valence-corrected chi connectivity index (χ3v) is 8.17. The summed E-state index contributed by atoms with van der Waals surface area (Å²) in [6.45, 7) is 10.1. The Bertz CT molecular complexity index is 1550. The van der Waals surface area contributed by atoms with Crippen molar-refractivity contribution in [3.63, 3.8) is 0 Å². The highest BCUT2D eigenvalue weighted by Gasteiger charge is 2.32. The SMILES string of the molecule is CC(C)C(NC(=O)C(CS(=O)(=O)O)NC(=O)CCCCCN1C(=O)C=CC1=O)C(=O)N[C@@H](C)C(=O)Nc1ccc(COC(=O)C(C)(C)C)cc1. The number of anilines is 1. The minimum absolute atomic E-state index is 0.0548. The molecular weight excluding hydrogens is 674 g/mol. The molecule has 50 heavy (non-hydrogen) atoms. The smallest absolute Gasteiger partial charge is 0.311 e. The molecule has 2 unspecified atom stereocenters. The molecule has 0 fully saturated rings. The van der Waals surface area contributed by atoms with Crippen molar-refractivity contribution in [3.05, 3.63) is 42.0 Å². The summed E-state index contributed by atoms with van der Waals surface area (Å²) >= 11 is 0. The number of ether oxygens (including phenoxy) is 1. The molecule has 0 aliphatic carbocycles. The van der Waals surface area contributed by atoms with Crippen molar-refractivity contribution in [2.75, 3.05) is 17.6 Å². The zero-order chi connectivity index (χ0) is 37.8. The summed E-state index contributed by atoms with van der Waals surface area (Å²) in [6.07, 6.45) is 3.38. The molecule has 1 aromatic carbocycles. The van der Waals surface area contributed by atoms with Crippen LogP contribution >= 0.6 is 0 Å². The fraction of sp³-hybridized carbons (Fsp3) is 0.545. The Morgan fingerprint density at radius 2 is 1.44 bits per heavy atom. The van der Waals surface area contributed by atoms with Gasteiger partial charge in [0.25, 0.3) is 21.9 Å². The first-order chi connectivity index (χ1) is 23.2. The number of nitrogens with one attached hydrogen (secondary N) is 4. The van der Waals surface area contributed by atoms with Gasteiger partial charge in [-0.15, -0.1) is 0 Å². The highest BCUT2D eigenvalue weighted by Crippen LogP contribution is 2.17. The molecule has 5 N–H and O–H groups in total. The molecule has 0 spiro atoms. The van der Waals surface area contributed by atoms with E-state index in [2.05, 4.69) is 21.3 Å². The van der Waals surface area contributed by atoms with E-state index in [-0.39, 0.29) is 25.5 Å². The number of hydrogen-bond donors (Lipinski definition) is 5. The third kappa shape index (κ3) is 14.1. The number of nitrogens with zero attached hydrogens (tertiary/aromatic N) is 1. The van der Waals surface area contributed by atoms with Gasteiger partial charge in [-0.25, -0.2) is 0 Å². The number of carbonyl (C=O) groups excluding carboxylic acids is 7. The van der Waals surface area contributed by atoms with Crippen LogP contribution in [-0.4, -0.2) is 89.7 Å². The topological polar surface area (TPSA) is 234 Å². The number of hydrogen-bond acceptors (Lipinski definition) is 10. The second kappa shape index (κ2) is 18.4. The largest absolute Gasteiger partial charge is 0.460 e. The van der Waals surface area contributed by atoms with Crippen LogP contribution in [0.3, 0.4) is 0 Å². The molecule has 17 heteroatoms. The van der Waals surface area contributed by atoms with Gasteiger partial charge in [-0.1, -0.05) is 32.4 Å². The Balaban J connectivity index is 1.92. The van der Waals surface area contributed by atoms with Crippen LogP contribution in [0.15, 0.2) is 36.4 Å². The number of rotatable bonds is 18. The molecule has 1 aromatic rings. The third-order valence-electron chi connectivity index (χ3n) is 7.42. The van der Waals surface area contributed by atoms with Gasteiger partial charge in [0.2, 0.25) is 23.6 Å². The fourth-order valence-corrected chi connectivity index (χ4v) is 5.16. The van der Waals surface area contributed by atoms with E-state index in [9.17, 15) is 46.5 Å². The van der Waals surface area contributed by atoms with E-state index in [0.29, 0.717) is 30.5 Å². The van der Waals surface area contributed by atoms with E-state index in [1.165, 1.54) is 19.1 Å². The van der Waals surface area contributed by atoms with E-state index in [1.807, 2.05) is 0 Å². The van der Waals surface area contributed by atoms with E-state index >= 15 is 0 Å². The molecule has 0 aromatic heterocycles. The molecule has 1 aliphatic heterocycles. The average Bonchev–Trinajstić information content (AvgIpc) is 3.33. The first-order valence-corrected chi connectivity index (χ1v) is 17.7. The normalized spacial score (nSPS) is 14.9. The number of benzene rings is 1. The summed E-state index contributed by atoms with van der Waals surface area (Å²) in [5.74, 6) is -5.96. The summed E-state index contributed by atoms with van der Waals surface area (Å²) < 4.78 is 38.0. The van der Waals surface area contributed by atoms with E-state index in [1.54, 1.807) is 58.9 Å². The summed E-state index contributed by atoms with van der Waals surface area (Å²) in [7, 11) is -4.74. The average molecular weight is 722 g/mol.